The van der Waals surface area contributed by atoms with Crippen molar-refractivity contribution in [2.45, 2.75) is 46.0 Å². The van der Waals surface area contributed by atoms with Crippen molar-refractivity contribution >= 4 is 0 Å². The van der Waals surface area contributed by atoms with Crippen molar-refractivity contribution < 1.29 is 0 Å². The number of piperidine rings is 3. The van der Waals surface area contributed by atoms with Gasteiger partial charge < -0.3 is 24.9 Å². The van der Waals surface area contributed by atoms with Crippen molar-refractivity contribution in [1.82, 2.24) is 24.9 Å². The van der Waals surface area contributed by atoms with Crippen LogP contribution < -0.4 is 5.32 Å². The van der Waals surface area contributed by atoms with Gasteiger partial charge in [0.2, 0.25) is 0 Å². The molecule has 30 heavy (non-hydrogen) atoms. The Bertz CT molecular complexity index is 478. The highest BCUT2D eigenvalue weighted by molar-refractivity contribution is 4.83. The molecule has 4 aliphatic heterocycles. The largest absolute Gasteiger partial charge is 0.314 e. The van der Waals surface area contributed by atoms with Crippen LogP contribution in [0.3, 0.4) is 0 Å². The van der Waals surface area contributed by atoms with Crippen LogP contribution in [0, 0.1) is 23.7 Å². The minimum absolute atomic E-state index is 0.885. The van der Waals surface area contributed by atoms with Crippen LogP contribution in [0.15, 0.2) is 0 Å². The van der Waals surface area contributed by atoms with E-state index in [0.29, 0.717) is 0 Å². The summed E-state index contributed by atoms with van der Waals surface area (Å²) in [6.45, 7) is 23.0. The Kier molecular flexibility index (Phi) is 8.89. The molecule has 0 bridgehead atoms. The van der Waals surface area contributed by atoms with Gasteiger partial charge in [-0.1, -0.05) is 13.8 Å². The van der Waals surface area contributed by atoms with E-state index in [4.69, 9.17) is 0 Å². The number of nitrogens with zero attached hydrogens (tertiary/aromatic N) is 4. The van der Waals surface area contributed by atoms with Gasteiger partial charge >= 0.3 is 0 Å². The second-order valence-electron chi connectivity index (χ2n) is 11.1. The summed E-state index contributed by atoms with van der Waals surface area (Å²) in [7, 11) is 0. The quantitative estimate of drug-likeness (QED) is 0.683. The van der Waals surface area contributed by atoms with Gasteiger partial charge in [-0.3, -0.25) is 0 Å². The number of nitrogens with one attached hydrogen (secondary N) is 1. The van der Waals surface area contributed by atoms with Crippen LogP contribution in [0.5, 0.6) is 0 Å². The second-order valence-corrected chi connectivity index (χ2v) is 11.1. The summed E-state index contributed by atoms with van der Waals surface area (Å²) in [6.07, 6.45) is 7.16. The van der Waals surface area contributed by atoms with Crippen LogP contribution in [0.1, 0.15) is 46.0 Å². The van der Waals surface area contributed by atoms with E-state index >= 15 is 0 Å². The van der Waals surface area contributed by atoms with E-state index in [1.807, 2.05) is 0 Å². The molecule has 4 aliphatic rings. The third kappa shape index (κ3) is 6.90. The molecular weight excluding hydrogens is 370 g/mol. The second kappa shape index (κ2) is 11.6. The first-order valence-electron chi connectivity index (χ1n) is 13.3. The highest BCUT2D eigenvalue weighted by Crippen LogP contribution is 2.26. The smallest absolute Gasteiger partial charge is 0.0107 e. The fourth-order valence-electron chi connectivity index (χ4n) is 6.68. The Hall–Kier alpha value is -0.200. The van der Waals surface area contributed by atoms with Crippen molar-refractivity contribution in [3.8, 4) is 0 Å². The van der Waals surface area contributed by atoms with Gasteiger partial charge in [-0.15, -0.1) is 0 Å². The lowest BCUT2D eigenvalue weighted by molar-refractivity contribution is 0.0754. The van der Waals surface area contributed by atoms with Gasteiger partial charge in [0, 0.05) is 58.9 Å². The molecule has 5 nitrogen and oxygen atoms in total. The van der Waals surface area contributed by atoms with E-state index in [-0.39, 0.29) is 0 Å². The van der Waals surface area contributed by atoms with Crippen LogP contribution in [-0.4, -0.2) is 111 Å². The molecule has 0 aromatic rings. The lowest BCUT2D eigenvalue weighted by atomic mass is 9.88. The zero-order valence-corrected chi connectivity index (χ0v) is 20.0. The fraction of sp³-hybridized carbons (Fsp3) is 1.00. The molecular formula is C25H49N5. The molecule has 0 unspecified atom stereocenters. The number of hydrogen-bond acceptors (Lipinski definition) is 5. The van der Waals surface area contributed by atoms with Crippen LogP contribution in [-0.2, 0) is 0 Å². The maximum absolute atomic E-state index is 3.48. The Balaban J connectivity index is 1.10. The standard InChI is InChI=1S/C25H49N5/c1-3-27-17-22(2)16-25(20-27)21-29-12-6-23(7-13-29)18-28-10-4-24(5-11-28)19-30-14-8-26-9-15-30/h22-26H,3-21H2,1-2H3/t22-,25-/m0/s1. The van der Waals surface area contributed by atoms with Gasteiger partial charge in [-0.2, -0.15) is 0 Å². The van der Waals surface area contributed by atoms with Gasteiger partial charge in [0.05, 0.1) is 0 Å². The van der Waals surface area contributed by atoms with Crippen molar-refractivity contribution in [1.29, 1.82) is 0 Å². The summed E-state index contributed by atoms with van der Waals surface area (Å²) >= 11 is 0. The predicted octanol–water partition coefficient (Wildman–Crippen LogP) is 2.29. The molecule has 4 heterocycles. The Labute approximate surface area is 186 Å². The van der Waals surface area contributed by atoms with E-state index in [9.17, 15) is 0 Å². The summed E-state index contributed by atoms with van der Waals surface area (Å²) in [5.41, 5.74) is 0. The third-order valence-electron chi connectivity index (χ3n) is 8.44. The summed E-state index contributed by atoms with van der Waals surface area (Å²) < 4.78 is 0. The van der Waals surface area contributed by atoms with Crippen LogP contribution in [0.2, 0.25) is 0 Å². The van der Waals surface area contributed by atoms with Crippen molar-refractivity contribution in [3.05, 3.63) is 0 Å². The monoisotopic (exact) mass is 419 g/mol. The molecule has 4 saturated heterocycles. The molecule has 0 aromatic heterocycles. The average molecular weight is 420 g/mol. The fourth-order valence-corrected chi connectivity index (χ4v) is 6.68. The lowest BCUT2D eigenvalue weighted by Gasteiger charge is -2.41. The molecule has 174 valence electrons. The predicted molar refractivity (Wildman–Crippen MR) is 127 cm³/mol. The zero-order valence-electron chi connectivity index (χ0n) is 20.0. The molecule has 1 N–H and O–H groups in total. The Morgan fingerprint density at radius 3 is 1.67 bits per heavy atom. The summed E-state index contributed by atoms with van der Waals surface area (Å²) in [5.74, 6) is 3.68. The van der Waals surface area contributed by atoms with Gasteiger partial charge in [-0.25, -0.2) is 0 Å². The normalized spacial score (nSPS) is 32.6. The van der Waals surface area contributed by atoms with Crippen molar-refractivity contribution in [2.24, 2.45) is 23.7 Å². The number of hydrogen-bond donors (Lipinski definition) is 1. The molecule has 0 aliphatic carbocycles. The Morgan fingerprint density at radius 1 is 0.633 bits per heavy atom. The summed E-state index contributed by atoms with van der Waals surface area (Å²) in [4.78, 5) is 11.0. The molecule has 0 spiro atoms. The first-order valence-corrected chi connectivity index (χ1v) is 13.3. The SMILES string of the molecule is CCN1C[C@@H](C)C[C@H](CN2CCC(CN3CCC(CN4CCNCC4)CC3)CC2)C1. The highest BCUT2D eigenvalue weighted by atomic mass is 15.2. The zero-order chi connectivity index (χ0) is 20.8. The molecule has 5 heteroatoms. The molecule has 0 amide bonds. The first-order chi connectivity index (χ1) is 14.7. The van der Waals surface area contributed by atoms with E-state index in [2.05, 4.69) is 38.8 Å². The molecule has 0 aromatic carbocycles. The highest BCUT2D eigenvalue weighted by Gasteiger charge is 2.29. The Morgan fingerprint density at radius 2 is 1.13 bits per heavy atom. The van der Waals surface area contributed by atoms with Crippen molar-refractivity contribution in [3.63, 3.8) is 0 Å². The lowest BCUT2D eigenvalue weighted by Crippen LogP contribution is -2.48. The van der Waals surface area contributed by atoms with E-state index in [1.165, 1.54) is 124 Å². The summed E-state index contributed by atoms with van der Waals surface area (Å²) in [5, 5.41) is 3.48. The minimum atomic E-state index is 0.885. The van der Waals surface area contributed by atoms with E-state index in [0.717, 1.165) is 23.7 Å². The van der Waals surface area contributed by atoms with Crippen LogP contribution >= 0.6 is 0 Å². The van der Waals surface area contributed by atoms with E-state index in [1.54, 1.807) is 0 Å². The average Bonchev–Trinajstić information content (AvgIpc) is 2.77. The molecule has 2 atom stereocenters. The number of rotatable bonds is 7. The molecule has 0 radical (unpaired) electrons. The van der Waals surface area contributed by atoms with Crippen molar-refractivity contribution in [2.75, 3.05) is 91.6 Å². The number of piperazine rings is 1. The van der Waals surface area contributed by atoms with Gasteiger partial charge in [-0.05, 0) is 88.5 Å². The van der Waals surface area contributed by atoms with Gasteiger partial charge in [0.15, 0.2) is 0 Å². The molecule has 0 saturated carbocycles. The van der Waals surface area contributed by atoms with Gasteiger partial charge in [0.1, 0.15) is 0 Å². The number of likely N-dealkylation sites (tertiary alicyclic amines) is 3. The molecule has 4 rings (SSSR count). The first kappa shape index (κ1) is 23.0. The van der Waals surface area contributed by atoms with Crippen LogP contribution in [0.4, 0.5) is 0 Å². The van der Waals surface area contributed by atoms with Crippen LogP contribution in [0.25, 0.3) is 0 Å². The summed E-state index contributed by atoms with van der Waals surface area (Å²) in [6, 6.07) is 0. The van der Waals surface area contributed by atoms with Gasteiger partial charge in [0.25, 0.3) is 0 Å². The topological polar surface area (TPSA) is 25.0 Å². The third-order valence-corrected chi connectivity index (χ3v) is 8.44. The maximum Gasteiger partial charge on any atom is 0.0107 e. The maximum atomic E-state index is 3.48. The minimum Gasteiger partial charge on any atom is -0.314 e. The van der Waals surface area contributed by atoms with E-state index < -0.39 is 0 Å². The molecule has 4 fully saturated rings.